The Kier molecular flexibility index (Phi) is 2.43. The fraction of sp³-hybridized carbons (Fsp3) is 0.105. The molecule has 4 rings (SSSR count). The Bertz CT molecular complexity index is 868. The molecule has 1 amide bonds. The largest absolute Gasteiger partial charge is 0.339 e. The molecule has 0 spiro atoms. The fourth-order valence-electron chi connectivity index (χ4n) is 3.21. The van der Waals surface area contributed by atoms with E-state index in [0.717, 1.165) is 16.7 Å². The molecule has 0 saturated carbocycles. The highest BCUT2D eigenvalue weighted by atomic mass is 16.2. The second-order valence-electron chi connectivity index (χ2n) is 5.69. The second-order valence-corrected chi connectivity index (χ2v) is 5.69. The van der Waals surface area contributed by atoms with Gasteiger partial charge in [-0.15, -0.1) is 0 Å². The van der Waals surface area contributed by atoms with Crippen molar-refractivity contribution in [3.63, 3.8) is 0 Å². The van der Waals surface area contributed by atoms with Gasteiger partial charge in [0.15, 0.2) is 0 Å². The molecule has 1 aliphatic heterocycles. The van der Waals surface area contributed by atoms with Gasteiger partial charge in [-0.3, -0.25) is 4.79 Å². The molecule has 3 aromatic carbocycles. The third-order valence-electron chi connectivity index (χ3n) is 4.40. The van der Waals surface area contributed by atoms with Crippen LogP contribution in [-0.2, 0) is 5.54 Å². The van der Waals surface area contributed by atoms with Crippen molar-refractivity contribution < 1.29 is 4.79 Å². The van der Waals surface area contributed by atoms with Crippen molar-refractivity contribution in [2.75, 3.05) is 0 Å². The minimum Gasteiger partial charge on any atom is -0.339 e. The SMILES string of the molecule is C[C@]1(c2ccc3ccccc3c2)NC(=O)c2ccccc21. The highest BCUT2D eigenvalue weighted by molar-refractivity contribution is 6.00. The summed E-state index contributed by atoms with van der Waals surface area (Å²) in [6, 6.07) is 22.5. The number of nitrogens with one attached hydrogen (secondary N) is 1. The Morgan fingerprint density at radius 2 is 1.57 bits per heavy atom. The summed E-state index contributed by atoms with van der Waals surface area (Å²) in [5.74, 6) is 0.00117. The lowest BCUT2D eigenvalue weighted by molar-refractivity contribution is 0.0945. The highest BCUT2D eigenvalue weighted by Crippen LogP contribution is 2.37. The Morgan fingerprint density at radius 3 is 2.43 bits per heavy atom. The Morgan fingerprint density at radius 1 is 0.857 bits per heavy atom. The van der Waals surface area contributed by atoms with E-state index in [1.807, 2.05) is 36.4 Å². The molecule has 102 valence electrons. The molecular weight excluding hydrogens is 258 g/mol. The third kappa shape index (κ3) is 1.69. The van der Waals surface area contributed by atoms with Crippen molar-refractivity contribution >= 4 is 16.7 Å². The van der Waals surface area contributed by atoms with Crippen LogP contribution >= 0.6 is 0 Å². The summed E-state index contributed by atoms with van der Waals surface area (Å²) in [5, 5.41) is 5.54. The zero-order chi connectivity index (χ0) is 14.4. The van der Waals surface area contributed by atoms with E-state index in [1.165, 1.54) is 10.8 Å². The third-order valence-corrected chi connectivity index (χ3v) is 4.40. The van der Waals surface area contributed by atoms with E-state index in [2.05, 4.69) is 42.6 Å². The number of rotatable bonds is 1. The van der Waals surface area contributed by atoms with E-state index in [-0.39, 0.29) is 5.91 Å². The van der Waals surface area contributed by atoms with Crippen molar-refractivity contribution in [2.24, 2.45) is 0 Å². The lowest BCUT2D eigenvalue weighted by Crippen LogP contribution is -2.37. The summed E-state index contributed by atoms with van der Waals surface area (Å²) in [7, 11) is 0. The van der Waals surface area contributed by atoms with E-state index in [1.54, 1.807) is 0 Å². The van der Waals surface area contributed by atoms with Crippen LogP contribution in [0.1, 0.15) is 28.4 Å². The smallest absolute Gasteiger partial charge is 0.252 e. The van der Waals surface area contributed by atoms with Crippen LogP contribution < -0.4 is 5.32 Å². The Hall–Kier alpha value is -2.61. The van der Waals surface area contributed by atoms with Gasteiger partial charge in [-0.05, 0) is 41.0 Å². The average Bonchev–Trinajstić information content (AvgIpc) is 2.80. The van der Waals surface area contributed by atoms with Gasteiger partial charge >= 0.3 is 0 Å². The molecule has 1 heterocycles. The summed E-state index contributed by atoms with van der Waals surface area (Å²) in [4.78, 5) is 12.2. The molecule has 21 heavy (non-hydrogen) atoms. The van der Waals surface area contributed by atoms with E-state index in [4.69, 9.17) is 0 Å². The van der Waals surface area contributed by atoms with Crippen LogP contribution in [0.4, 0.5) is 0 Å². The molecule has 1 atom stereocenters. The van der Waals surface area contributed by atoms with Crippen LogP contribution in [0.2, 0.25) is 0 Å². The van der Waals surface area contributed by atoms with Gasteiger partial charge < -0.3 is 5.32 Å². The van der Waals surface area contributed by atoms with Gasteiger partial charge in [0.05, 0.1) is 5.54 Å². The number of hydrogen-bond acceptors (Lipinski definition) is 1. The van der Waals surface area contributed by atoms with Crippen molar-refractivity contribution in [2.45, 2.75) is 12.5 Å². The molecule has 2 nitrogen and oxygen atoms in total. The molecule has 1 aliphatic rings. The maximum Gasteiger partial charge on any atom is 0.252 e. The number of carbonyl (C=O) groups excluding carboxylic acids is 1. The van der Waals surface area contributed by atoms with Gasteiger partial charge in [0.1, 0.15) is 0 Å². The van der Waals surface area contributed by atoms with E-state index in [0.29, 0.717) is 0 Å². The Labute approximate surface area is 123 Å². The lowest BCUT2D eigenvalue weighted by Gasteiger charge is -2.26. The van der Waals surface area contributed by atoms with Crippen LogP contribution in [-0.4, -0.2) is 5.91 Å². The van der Waals surface area contributed by atoms with Crippen LogP contribution in [0.3, 0.4) is 0 Å². The number of amides is 1. The lowest BCUT2D eigenvalue weighted by atomic mass is 9.84. The van der Waals surface area contributed by atoms with E-state index in [9.17, 15) is 4.79 Å². The number of fused-ring (bicyclic) bond motifs is 2. The summed E-state index contributed by atoms with van der Waals surface area (Å²) in [6.45, 7) is 2.07. The molecule has 0 bridgehead atoms. The van der Waals surface area contributed by atoms with Gasteiger partial charge in [0.2, 0.25) is 0 Å². The van der Waals surface area contributed by atoms with Gasteiger partial charge in [0, 0.05) is 5.56 Å². The first-order valence-electron chi connectivity index (χ1n) is 7.10. The van der Waals surface area contributed by atoms with Crippen LogP contribution in [0.5, 0.6) is 0 Å². The van der Waals surface area contributed by atoms with Crippen molar-refractivity contribution in [1.29, 1.82) is 0 Å². The zero-order valence-electron chi connectivity index (χ0n) is 11.8. The molecule has 1 N–H and O–H groups in total. The van der Waals surface area contributed by atoms with Gasteiger partial charge in [-0.1, -0.05) is 54.6 Å². The topological polar surface area (TPSA) is 29.1 Å². The van der Waals surface area contributed by atoms with E-state index < -0.39 is 5.54 Å². The number of benzene rings is 3. The molecule has 0 radical (unpaired) electrons. The monoisotopic (exact) mass is 273 g/mol. The average molecular weight is 273 g/mol. The quantitative estimate of drug-likeness (QED) is 0.717. The standard InChI is InChI=1S/C19H15NO/c1-19(17-9-5-4-8-16(17)18(21)20-19)15-11-10-13-6-2-3-7-14(13)12-15/h2-12H,1H3,(H,20,21)/t19-/m1/s1. The van der Waals surface area contributed by atoms with Crippen LogP contribution in [0.25, 0.3) is 10.8 Å². The molecule has 0 aliphatic carbocycles. The van der Waals surface area contributed by atoms with E-state index >= 15 is 0 Å². The predicted octanol–water partition coefficient (Wildman–Crippen LogP) is 3.85. The minimum absolute atomic E-state index is 0.00117. The molecule has 3 aromatic rings. The van der Waals surface area contributed by atoms with Gasteiger partial charge in [-0.25, -0.2) is 0 Å². The molecule has 0 unspecified atom stereocenters. The maximum atomic E-state index is 12.2. The molecule has 0 fully saturated rings. The Balaban J connectivity index is 1.94. The minimum atomic E-state index is -0.461. The predicted molar refractivity (Wildman–Crippen MR) is 84.3 cm³/mol. The maximum absolute atomic E-state index is 12.2. The number of hydrogen-bond donors (Lipinski definition) is 1. The first kappa shape index (κ1) is 12.2. The van der Waals surface area contributed by atoms with Crippen molar-refractivity contribution in [3.8, 4) is 0 Å². The first-order chi connectivity index (χ1) is 10.2. The zero-order valence-corrected chi connectivity index (χ0v) is 11.8. The number of carbonyl (C=O) groups is 1. The second kappa shape index (κ2) is 4.19. The molecule has 0 aromatic heterocycles. The highest BCUT2D eigenvalue weighted by Gasteiger charge is 2.39. The van der Waals surface area contributed by atoms with Crippen molar-refractivity contribution in [1.82, 2.24) is 5.32 Å². The summed E-state index contributed by atoms with van der Waals surface area (Å²) in [6.07, 6.45) is 0. The molecular formula is C19H15NO. The van der Waals surface area contributed by atoms with Crippen molar-refractivity contribution in [3.05, 3.63) is 83.4 Å². The summed E-state index contributed by atoms with van der Waals surface area (Å²) < 4.78 is 0. The normalized spacial score (nSPS) is 20.3. The fourth-order valence-corrected chi connectivity index (χ4v) is 3.21. The van der Waals surface area contributed by atoms with Crippen LogP contribution in [0, 0.1) is 0 Å². The molecule has 2 heteroatoms. The van der Waals surface area contributed by atoms with Crippen LogP contribution in [0.15, 0.2) is 66.7 Å². The molecule has 0 saturated heterocycles. The van der Waals surface area contributed by atoms with Gasteiger partial charge in [-0.2, -0.15) is 0 Å². The van der Waals surface area contributed by atoms with Gasteiger partial charge in [0.25, 0.3) is 5.91 Å². The summed E-state index contributed by atoms with van der Waals surface area (Å²) >= 11 is 0. The first-order valence-corrected chi connectivity index (χ1v) is 7.10. The summed E-state index contributed by atoms with van der Waals surface area (Å²) in [5.41, 5.74) is 2.47.